The van der Waals surface area contributed by atoms with Crippen LogP contribution in [0, 0.1) is 0 Å². The number of unbranched alkanes of at least 4 members (excludes halogenated alkanes) is 19. The fourth-order valence-corrected chi connectivity index (χ4v) is 11.8. The number of carbonyl (C=O) groups excluding carboxylic acids is 4. The van der Waals surface area contributed by atoms with Gasteiger partial charge in [0.1, 0.15) is 19.3 Å². The predicted octanol–water partition coefficient (Wildman–Crippen LogP) is 24.3. The van der Waals surface area contributed by atoms with Gasteiger partial charge in [0.15, 0.2) is 12.2 Å². The van der Waals surface area contributed by atoms with Gasteiger partial charge in [-0.3, -0.25) is 37.3 Å². The van der Waals surface area contributed by atoms with Crippen molar-refractivity contribution in [3.8, 4) is 0 Å². The highest BCUT2D eigenvalue weighted by Crippen LogP contribution is 2.45. The van der Waals surface area contributed by atoms with E-state index >= 15 is 0 Å². The third-order valence-electron chi connectivity index (χ3n) is 16.4. The molecule has 0 saturated carbocycles. The Balaban J connectivity index is 5.46. The fraction of sp³-hybridized carbons (Fsp3) is 0.618. The van der Waals surface area contributed by atoms with Crippen molar-refractivity contribution in [1.29, 1.82) is 0 Å². The number of aliphatic hydroxyl groups is 1. The summed E-state index contributed by atoms with van der Waals surface area (Å²) in [7, 11) is -10.0. The minimum Gasteiger partial charge on any atom is -0.462 e. The second-order valence-corrected chi connectivity index (χ2v) is 29.5. The SMILES string of the molecule is CC/C=C\C/C=C\C/C=C\C/C=C\C/C=C\C/C=C\CCC(=O)OCC(COP(=O)(O)OCC(O)COP(=O)(O)OCC(COC(=O)CCCCC/C=C\C/C=C\C/C=C\C/C=C\C/C=C\CC)OC(=O)CCCCCCCC/C=C\C/C=C\C/C=C\C/C=C\CC)OC(=O)CCCCCCCCCCCCC. The minimum absolute atomic E-state index is 0.0315. The van der Waals surface area contributed by atoms with E-state index in [1.54, 1.807) is 0 Å². The first-order valence-electron chi connectivity index (χ1n) is 41.0. The van der Waals surface area contributed by atoms with Gasteiger partial charge >= 0.3 is 39.5 Å². The van der Waals surface area contributed by atoms with Crippen LogP contribution in [0.3, 0.4) is 0 Å². The summed E-state index contributed by atoms with van der Waals surface area (Å²) in [6.45, 7) is 4.38. The van der Waals surface area contributed by atoms with Crippen molar-refractivity contribution < 1.29 is 80.2 Å². The zero-order valence-electron chi connectivity index (χ0n) is 66.9. The van der Waals surface area contributed by atoms with Crippen molar-refractivity contribution in [2.75, 3.05) is 39.6 Å². The quantitative estimate of drug-likeness (QED) is 0.0169. The highest BCUT2D eigenvalue weighted by atomic mass is 31.2. The molecule has 0 rings (SSSR count). The maximum absolute atomic E-state index is 13.1. The maximum Gasteiger partial charge on any atom is 0.472 e. The highest BCUT2D eigenvalue weighted by Gasteiger charge is 2.30. The lowest BCUT2D eigenvalue weighted by molar-refractivity contribution is -0.161. The van der Waals surface area contributed by atoms with Crippen LogP contribution in [0.25, 0.3) is 0 Å². The average molecular weight is 1550 g/mol. The second kappa shape index (κ2) is 79.3. The number of aliphatic hydroxyl groups excluding tert-OH is 1. The summed E-state index contributed by atoms with van der Waals surface area (Å²) >= 11 is 0. The van der Waals surface area contributed by atoms with Crippen LogP contribution in [0.4, 0.5) is 0 Å². The summed E-state index contributed by atoms with van der Waals surface area (Å²) in [6.07, 6.45) is 96.0. The fourth-order valence-electron chi connectivity index (χ4n) is 10.3. The Hall–Kier alpha value is -5.84. The standard InChI is InChI=1S/C89H144O17P2/c1-5-9-13-17-21-25-29-32-35-38-41-44-47-50-54-57-61-65-69-73-86(91)99-79-84(105-88(93)75-71-67-63-59-53-28-24-20-16-12-8-4)81-103-107(95,96)101-77-83(90)78-102-108(97,98)104-82-85(106-89(94)76-72-68-64-60-56-52-49-46-43-40-37-34-31-27-23-19-15-11-7-3)80-100-87(92)74-70-66-62-58-55-51-48-45-42-39-36-33-30-26-22-18-14-10-6-2/h9-11,13-15,21-23,25-27,32-37,41-46,50-51,54-55,61,65,83-85,90H,5-8,12,16-20,24,28-31,38-40,47-49,52-53,56-60,62-64,66-82H2,1-4H3,(H,95,96)(H,97,98)/b13-9-,14-10-,15-11-,25-21-,26-22-,27-23-,35-32-,36-33-,37-34-,44-41-,45-42-,46-43-,54-50-,55-51-,65-61-. The third kappa shape index (κ3) is 78.3. The van der Waals surface area contributed by atoms with Gasteiger partial charge in [-0.05, 0) is 148 Å². The average Bonchev–Trinajstić information content (AvgIpc) is 0.899. The molecule has 0 radical (unpaired) electrons. The van der Waals surface area contributed by atoms with E-state index in [1.165, 1.54) is 38.5 Å². The normalized spacial score (nSPS) is 14.8. The van der Waals surface area contributed by atoms with Gasteiger partial charge in [0.25, 0.3) is 0 Å². The number of ether oxygens (including phenoxy) is 4. The number of esters is 4. The molecule has 5 atom stereocenters. The molecule has 108 heavy (non-hydrogen) atoms. The van der Waals surface area contributed by atoms with Crippen LogP contribution in [0.5, 0.6) is 0 Å². The summed E-state index contributed by atoms with van der Waals surface area (Å²) < 4.78 is 68.6. The molecule has 0 amide bonds. The monoisotopic (exact) mass is 1550 g/mol. The Kier molecular flexibility index (Phi) is 75.0. The molecule has 0 fully saturated rings. The van der Waals surface area contributed by atoms with E-state index in [9.17, 15) is 43.2 Å². The molecule has 19 heteroatoms. The first kappa shape index (κ1) is 102. The molecule has 0 aromatic carbocycles. The molecule has 0 aliphatic rings. The summed E-state index contributed by atoms with van der Waals surface area (Å²) in [4.78, 5) is 73.1. The highest BCUT2D eigenvalue weighted by molar-refractivity contribution is 7.47. The van der Waals surface area contributed by atoms with Gasteiger partial charge in [0.2, 0.25) is 0 Å². The lowest BCUT2D eigenvalue weighted by Crippen LogP contribution is -2.30. The van der Waals surface area contributed by atoms with E-state index in [-0.39, 0.29) is 25.7 Å². The Bertz CT molecular complexity index is 2760. The van der Waals surface area contributed by atoms with Gasteiger partial charge in [-0.25, -0.2) is 9.13 Å². The molecule has 0 aromatic heterocycles. The van der Waals surface area contributed by atoms with Crippen LogP contribution < -0.4 is 0 Å². The van der Waals surface area contributed by atoms with Crippen LogP contribution in [0.15, 0.2) is 182 Å². The van der Waals surface area contributed by atoms with Gasteiger partial charge in [-0.15, -0.1) is 0 Å². The summed E-state index contributed by atoms with van der Waals surface area (Å²) in [5, 5.41) is 10.7. The molecule has 3 N–H and O–H groups in total. The number of phosphoric acid groups is 2. The van der Waals surface area contributed by atoms with Crippen molar-refractivity contribution in [2.45, 2.75) is 316 Å². The van der Waals surface area contributed by atoms with Gasteiger partial charge in [-0.2, -0.15) is 0 Å². The van der Waals surface area contributed by atoms with Gasteiger partial charge in [0.05, 0.1) is 26.4 Å². The van der Waals surface area contributed by atoms with E-state index in [2.05, 4.69) is 192 Å². The first-order valence-corrected chi connectivity index (χ1v) is 44.0. The molecule has 0 aromatic rings. The van der Waals surface area contributed by atoms with Crippen LogP contribution in [0.1, 0.15) is 297 Å². The van der Waals surface area contributed by atoms with Gasteiger partial charge in [0, 0.05) is 25.7 Å². The maximum atomic E-state index is 13.1. The minimum atomic E-state index is -5.00. The molecule has 0 aliphatic heterocycles. The smallest absolute Gasteiger partial charge is 0.462 e. The molecule has 0 heterocycles. The lowest BCUT2D eigenvalue weighted by Gasteiger charge is -2.21. The third-order valence-corrected chi connectivity index (χ3v) is 18.3. The Morgan fingerprint density at radius 2 is 0.500 bits per heavy atom. The largest absolute Gasteiger partial charge is 0.472 e. The Labute approximate surface area is 654 Å². The molecule has 0 aliphatic carbocycles. The summed E-state index contributed by atoms with van der Waals surface area (Å²) in [6, 6.07) is 0. The van der Waals surface area contributed by atoms with E-state index in [0.29, 0.717) is 32.1 Å². The van der Waals surface area contributed by atoms with Crippen molar-refractivity contribution in [3.63, 3.8) is 0 Å². The Morgan fingerprint density at radius 1 is 0.269 bits per heavy atom. The van der Waals surface area contributed by atoms with Crippen molar-refractivity contribution in [3.05, 3.63) is 182 Å². The van der Waals surface area contributed by atoms with Crippen molar-refractivity contribution in [1.82, 2.24) is 0 Å². The second-order valence-electron chi connectivity index (χ2n) is 26.6. The van der Waals surface area contributed by atoms with Crippen molar-refractivity contribution >= 4 is 39.5 Å². The van der Waals surface area contributed by atoms with E-state index in [1.807, 2.05) is 18.2 Å². The number of rotatable bonds is 75. The van der Waals surface area contributed by atoms with Gasteiger partial charge < -0.3 is 33.8 Å². The molecule has 0 saturated heterocycles. The van der Waals surface area contributed by atoms with Crippen LogP contribution >= 0.6 is 15.6 Å². The molecule has 0 spiro atoms. The molecular weight excluding hydrogens is 1400 g/mol. The number of carbonyl (C=O) groups is 4. The van der Waals surface area contributed by atoms with Crippen LogP contribution in [-0.2, 0) is 65.4 Å². The van der Waals surface area contributed by atoms with E-state index in [0.717, 1.165) is 173 Å². The topological polar surface area (TPSA) is 237 Å². The van der Waals surface area contributed by atoms with Crippen LogP contribution in [-0.4, -0.2) is 96.7 Å². The number of hydrogen-bond donors (Lipinski definition) is 3. The van der Waals surface area contributed by atoms with Crippen LogP contribution in [0.2, 0.25) is 0 Å². The molecule has 5 unspecified atom stereocenters. The molecule has 0 bridgehead atoms. The molecule has 612 valence electrons. The lowest BCUT2D eigenvalue weighted by atomic mass is 10.1. The molecular formula is C89H144O17P2. The van der Waals surface area contributed by atoms with E-state index in [4.69, 9.17) is 37.0 Å². The molecule has 17 nitrogen and oxygen atoms in total. The predicted molar refractivity (Wildman–Crippen MR) is 445 cm³/mol. The number of phosphoric ester groups is 2. The summed E-state index contributed by atoms with van der Waals surface area (Å²) in [5.41, 5.74) is 0. The Morgan fingerprint density at radius 3 is 0.806 bits per heavy atom. The number of allylic oxidation sites excluding steroid dienone is 30. The van der Waals surface area contributed by atoms with E-state index < -0.39 is 97.5 Å². The zero-order valence-corrected chi connectivity index (χ0v) is 68.7. The van der Waals surface area contributed by atoms with Crippen molar-refractivity contribution in [2.24, 2.45) is 0 Å². The van der Waals surface area contributed by atoms with Gasteiger partial charge in [-0.1, -0.05) is 306 Å². The summed E-state index contributed by atoms with van der Waals surface area (Å²) in [5.74, 6) is -2.33. The number of hydrogen-bond acceptors (Lipinski definition) is 15. The zero-order chi connectivity index (χ0) is 78.9. The first-order chi connectivity index (χ1) is 52.7.